The monoisotopic (exact) mass is 256 g/mol. The minimum atomic E-state index is -0.725. The highest BCUT2D eigenvalue weighted by molar-refractivity contribution is 6.32. The molecule has 0 aliphatic rings. The van der Waals surface area contributed by atoms with E-state index in [1.807, 2.05) is 18.2 Å². The van der Waals surface area contributed by atoms with Gasteiger partial charge in [-0.25, -0.2) is 0 Å². The average Bonchev–Trinajstić information content (AvgIpc) is 2.28. The van der Waals surface area contributed by atoms with Crippen LogP contribution in [0.4, 0.5) is 0 Å². The Morgan fingerprint density at radius 1 is 1.35 bits per heavy atom. The predicted octanol–water partition coefficient (Wildman–Crippen LogP) is 3.54. The van der Waals surface area contributed by atoms with E-state index in [1.54, 1.807) is 7.11 Å². The number of carboxylic acids is 1. The first kappa shape index (κ1) is 13.8. The van der Waals surface area contributed by atoms with Gasteiger partial charge < -0.3 is 9.84 Å². The molecule has 0 aliphatic carbocycles. The Hall–Kier alpha value is -1.22. The number of aliphatic carboxylic acids is 1. The maximum atomic E-state index is 10.3. The van der Waals surface area contributed by atoms with Gasteiger partial charge in [-0.15, -0.1) is 0 Å². The standard InChI is InChI=1S/C13H17ClO3/c1-17-12-8-7-10(9-11(12)14)5-3-2-4-6-13(15)16/h7-9H,2-6H2,1H3,(H,15,16). The summed E-state index contributed by atoms with van der Waals surface area (Å²) in [6, 6.07) is 5.74. The molecule has 0 aliphatic heterocycles. The van der Waals surface area contributed by atoms with Gasteiger partial charge in [0.2, 0.25) is 0 Å². The van der Waals surface area contributed by atoms with E-state index in [0.717, 1.165) is 31.2 Å². The third-order valence-electron chi connectivity index (χ3n) is 2.57. The van der Waals surface area contributed by atoms with Crippen LogP contribution in [-0.2, 0) is 11.2 Å². The number of methoxy groups -OCH3 is 1. The number of rotatable bonds is 7. The Balaban J connectivity index is 2.32. The van der Waals surface area contributed by atoms with Crippen molar-refractivity contribution in [1.82, 2.24) is 0 Å². The zero-order chi connectivity index (χ0) is 12.7. The second-order valence-electron chi connectivity index (χ2n) is 3.92. The zero-order valence-corrected chi connectivity index (χ0v) is 10.7. The van der Waals surface area contributed by atoms with Crippen molar-refractivity contribution >= 4 is 17.6 Å². The molecular formula is C13H17ClO3. The van der Waals surface area contributed by atoms with Crippen LogP contribution in [0.1, 0.15) is 31.2 Å². The van der Waals surface area contributed by atoms with Crippen LogP contribution < -0.4 is 4.74 Å². The van der Waals surface area contributed by atoms with Crippen LogP contribution in [-0.4, -0.2) is 18.2 Å². The fourth-order valence-electron chi connectivity index (χ4n) is 1.65. The number of halogens is 1. The van der Waals surface area contributed by atoms with Gasteiger partial charge in [-0.2, -0.15) is 0 Å². The molecule has 1 aromatic rings. The molecule has 1 rings (SSSR count). The molecule has 1 aromatic carbocycles. The van der Waals surface area contributed by atoms with Crippen LogP contribution in [0.2, 0.25) is 5.02 Å². The Morgan fingerprint density at radius 2 is 2.12 bits per heavy atom. The second kappa shape index (κ2) is 7.17. The summed E-state index contributed by atoms with van der Waals surface area (Å²) in [5, 5.41) is 9.11. The van der Waals surface area contributed by atoms with Gasteiger partial charge in [0.15, 0.2) is 0 Å². The topological polar surface area (TPSA) is 46.5 Å². The minimum absolute atomic E-state index is 0.253. The summed E-state index contributed by atoms with van der Waals surface area (Å²) in [6.45, 7) is 0. The third-order valence-corrected chi connectivity index (χ3v) is 2.87. The van der Waals surface area contributed by atoms with Crippen LogP contribution in [0.5, 0.6) is 5.75 Å². The van der Waals surface area contributed by atoms with Gasteiger partial charge in [0, 0.05) is 6.42 Å². The lowest BCUT2D eigenvalue weighted by Crippen LogP contribution is -1.94. The number of carbonyl (C=O) groups is 1. The maximum absolute atomic E-state index is 10.3. The van der Waals surface area contributed by atoms with Crippen LogP contribution in [0, 0.1) is 0 Å². The number of unbranched alkanes of at least 4 members (excludes halogenated alkanes) is 2. The van der Waals surface area contributed by atoms with Crippen molar-refractivity contribution in [2.24, 2.45) is 0 Å². The molecule has 94 valence electrons. The van der Waals surface area contributed by atoms with Crippen LogP contribution in [0.3, 0.4) is 0 Å². The number of benzene rings is 1. The van der Waals surface area contributed by atoms with Gasteiger partial charge in [-0.05, 0) is 37.0 Å². The fourth-order valence-corrected chi connectivity index (χ4v) is 1.93. The summed E-state index contributed by atoms with van der Waals surface area (Å²) in [4.78, 5) is 10.3. The molecule has 4 heteroatoms. The normalized spacial score (nSPS) is 10.2. The highest BCUT2D eigenvalue weighted by atomic mass is 35.5. The van der Waals surface area contributed by atoms with Gasteiger partial charge in [-0.3, -0.25) is 4.79 Å². The summed E-state index contributed by atoms with van der Waals surface area (Å²) >= 11 is 6.01. The molecule has 0 unspecified atom stereocenters. The minimum Gasteiger partial charge on any atom is -0.495 e. The van der Waals surface area contributed by atoms with E-state index in [4.69, 9.17) is 21.4 Å². The molecule has 0 aromatic heterocycles. The molecule has 0 atom stereocenters. The number of carboxylic acid groups (broad SMARTS) is 1. The first-order chi connectivity index (χ1) is 8.13. The number of hydrogen-bond acceptors (Lipinski definition) is 2. The molecule has 17 heavy (non-hydrogen) atoms. The Morgan fingerprint density at radius 3 is 2.71 bits per heavy atom. The second-order valence-corrected chi connectivity index (χ2v) is 4.33. The number of hydrogen-bond donors (Lipinski definition) is 1. The lowest BCUT2D eigenvalue weighted by Gasteiger charge is -2.05. The predicted molar refractivity (Wildman–Crippen MR) is 67.8 cm³/mol. The molecule has 0 bridgehead atoms. The van der Waals surface area contributed by atoms with Crippen molar-refractivity contribution in [3.05, 3.63) is 28.8 Å². The largest absolute Gasteiger partial charge is 0.495 e. The Labute approximate surface area is 106 Å². The summed E-state index contributed by atoms with van der Waals surface area (Å²) < 4.78 is 5.07. The van der Waals surface area contributed by atoms with E-state index >= 15 is 0 Å². The van der Waals surface area contributed by atoms with E-state index in [2.05, 4.69) is 0 Å². The van der Waals surface area contributed by atoms with Crippen molar-refractivity contribution in [3.63, 3.8) is 0 Å². The summed E-state index contributed by atoms with van der Waals surface area (Å²) in [7, 11) is 1.59. The van der Waals surface area contributed by atoms with Gasteiger partial charge in [0.25, 0.3) is 0 Å². The van der Waals surface area contributed by atoms with Gasteiger partial charge >= 0.3 is 5.97 Å². The Kier molecular flexibility index (Phi) is 5.84. The van der Waals surface area contributed by atoms with Crippen molar-refractivity contribution < 1.29 is 14.6 Å². The van der Waals surface area contributed by atoms with E-state index in [-0.39, 0.29) is 6.42 Å². The molecule has 1 N–H and O–H groups in total. The van der Waals surface area contributed by atoms with E-state index in [9.17, 15) is 4.79 Å². The molecule has 0 saturated carbocycles. The number of aryl methyl sites for hydroxylation is 1. The SMILES string of the molecule is COc1ccc(CCCCCC(=O)O)cc1Cl. The number of ether oxygens (including phenoxy) is 1. The Bertz CT molecular complexity index is 377. The van der Waals surface area contributed by atoms with E-state index < -0.39 is 5.97 Å². The molecule has 0 radical (unpaired) electrons. The van der Waals surface area contributed by atoms with Gasteiger partial charge in [-0.1, -0.05) is 24.1 Å². The van der Waals surface area contributed by atoms with Gasteiger partial charge in [0.05, 0.1) is 12.1 Å². The maximum Gasteiger partial charge on any atom is 0.303 e. The summed E-state index contributed by atoms with van der Waals surface area (Å²) in [6.07, 6.45) is 3.82. The van der Waals surface area contributed by atoms with Crippen LogP contribution in [0.25, 0.3) is 0 Å². The molecule has 0 amide bonds. The molecule has 3 nitrogen and oxygen atoms in total. The van der Waals surface area contributed by atoms with E-state index in [0.29, 0.717) is 10.8 Å². The zero-order valence-electron chi connectivity index (χ0n) is 9.91. The summed E-state index contributed by atoms with van der Waals surface area (Å²) in [5.41, 5.74) is 1.16. The van der Waals surface area contributed by atoms with Crippen molar-refractivity contribution in [1.29, 1.82) is 0 Å². The fraction of sp³-hybridized carbons (Fsp3) is 0.462. The lowest BCUT2D eigenvalue weighted by atomic mass is 10.1. The molecular weight excluding hydrogens is 240 g/mol. The van der Waals surface area contributed by atoms with Crippen molar-refractivity contribution in [2.75, 3.05) is 7.11 Å². The molecule has 0 fully saturated rings. The first-order valence-electron chi connectivity index (χ1n) is 5.67. The molecule has 0 spiro atoms. The van der Waals surface area contributed by atoms with Crippen LogP contribution in [0.15, 0.2) is 18.2 Å². The molecule has 0 saturated heterocycles. The third kappa shape index (κ3) is 5.09. The smallest absolute Gasteiger partial charge is 0.303 e. The highest BCUT2D eigenvalue weighted by Gasteiger charge is 2.02. The lowest BCUT2D eigenvalue weighted by molar-refractivity contribution is -0.137. The first-order valence-corrected chi connectivity index (χ1v) is 6.05. The summed E-state index contributed by atoms with van der Waals surface area (Å²) in [5.74, 6) is -0.0428. The quantitative estimate of drug-likeness (QED) is 0.759. The van der Waals surface area contributed by atoms with Crippen molar-refractivity contribution in [3.8, 4) is 5.75 Å². The van der Waals surface area contributed by atoms with E-state index in [1.165, 1.54) is 0 Å². The van der Waals surface area contributed by atoms with Crippen molar-refractivity contribution in [2.45, 2.75) is 32.1 Å². The molecule has 0 heterocycles. The average molecular weight is 257 g/mol. The van der Waals surface area contributed by atoms with Gasteiger partial charge in [0.1, 0.15) is 5.75 Å². The van der Waals surface area contributed by atoms with Crippen LogP contribution >= 0.6 is 11.6 Å². The highest BCUT2D eigenvalue weighted by Crippen LogP contribution is 2.25.